The fraction of sp³-hybridized carbons (Fsp3) is 0.333. The fourth-order valence-electron chi connectivity index (χ4n) is 1.68. The van der Waals surface area contributed by atoms with E-state index in [9.17, 15) is 8.42 Å². The van der Waals surface area contributed by atoms with Crippen LogP contribution in [0.3, 0.4) is 0 Å². The number of nitrogens with zero attached hydrogens (tertiary/aromatic N) is 3. The predicted molar refractivity (Wildman–Crippen MR) is 80.5 cm³/mol. The quantitative estimate of drug-likeness (QED) is 0.907. The van der Waals surface area contributed by atoms with Crippen LogP contribution >= 0.6 is 11.6 Å². The molecule has 20 heavy (non-hydrogen) atoms. The largest absolute Gasteiger partial charge is 0.367 e. The third-order valence-corrected chi connectivity index (χ3v) is 4.96. The van der Waals surface area contributed by atoms with Crippen molar-refractivity contribution in [1.29, 1.82) is 0 Å². The minimum atomic E-state index is -3.23. The van der Waals surface area contributed by atoms with Crippen molar-refractivity contribution < 1.29 is 8.42 Å². The van der Waals surface area contributed by atoms with Crippen molar-refractivity contribution in [3.8, 4) is 0 Å². The summed E-state index contributed by atoms with van der Waals surface area (Å²) in [6, 6.07) is 7.42. The molecule has 2 rings (SSSR count). The first-order chi connectivity index (χ1) is 9.42. The molecule has 0 bridgehead atoms. The van der Waals surface area contributed by atoms with Crippen molar-refractivity contribution in [1.82, 2.24) is 14.5 Å². The molecule has 0 saturated heterocycles. The van der Waals surface area contributed by atoms with Crippen molar-refractivity contribution in [2.24, 2.45) is 0 Å². The third kappa shape index (κ3) is 3.17. The molecule has 2 aromatic rings. The summed E-state index contributed by atoms with van der Waals surface area (Å²) in [4.78, 5) is 0. The molecule has 1 heterocycles. The highest BCUT2D eigenvalue weighted by Crippen LogP contribution is 2.25. The first-order valence-corrected chi connectivity index (χ1v) is 7.95. The Hall–Kier alpha value is -1.44. The standard InChI is InChI=1S/C12H15ClN4O2S/c1-17(2)20(18,19)8-7-14-12-10-6-4-3-5-9(10)11(13)15-16-12/h3-6H,7-8H2,1-2H3,(H,14,16). The zero-order valence-corrected chi connectivity index (χ0v) is 12.7. The summed E-state index contributed by atoms with van der Waals surface area (Å²) in [6.45, 7) is 0.251. The van der Waals surface area contributed by atoms with Crippen LogP contribution in [-0.4, -0.2) is 49.3 Å². The molecule has 1 aromatic carbocycles. The maximum Gasteiger partial charge on any atom is 0.215 e. The lowest BCUT2D eigenvalue weighted by Gasteiger charge is -2.12. The van der Waals surface area contributed by atoms with Gasteiger partial charge in [0, 0.05) is 31.4 Å². The van der Waals surface area contributed by atoms with Gasteiger partial charge in [-0.3, -0.25) is 0 Å². The Morgan fingerprint density at radius 3 is 2.50 bits per heavy atom. The number of hydrogen-bond donors (Lipinski definition) is 1. The Morgan fingerprint density at radius 1 is 1.20 bits per heavy atom. The summed E-state index contributed by atoms with van der Waals surface area (Å²) < 4.78 is 24.5. The average molecular weight is 315 g/mol. The topological polar surface area (TPSA) is 75.2 Å². The second-order valence-electron chi connectivity index (χ2n) is 4.41. The molecule has 0 radical (unpaired) electrons. The summed E-state index contributed by atoms with van der Waals surface area (Å²) in [5, 5.41) is 12.7. The number of fused-ring (bicyclic) bond motifs is 1. The molecular weight excluding hydrogens is 300 g/mol. The van der Waals surface area contributed by atoms with Gasteiger partial charge in [0.05, 0.1) is 5.75 Å². The minimum Gasteiger partial charge on any atom is -0.367 e. The molecule has 0 aliphatic heterocycles. The van der Waals surface area contributed by atoms with Crippen LogP contribution in [-0.2, 0) is 10.0 Å². The normalized spacial score (nSPS) is 12.0. The molecule has 0 saturated carbocycles. The molecule has 1 N–H and O–H groups in total. The van der Waals surface area contributed by atoms with Gasteiger partial charge >= 0.3 is 0 Å². The number of halogens is 1. The van der Waals surface area contributed by atoms with E-state index in [1.54, 1.807) is 0 Å². The Kier molecular flexibility index (Phi) is 4.42. The number of sulfonamides is 1. The van der Waals surface area contributed by atoms with Crippen molar-refractivity contribution in [2.75, 3.05) is 31.7 Å². The third-order valence-electron chi connectivity index (χ3n) is 2.85. The molecular formula is C12H15ClN4O2S. The lowest BCUT2D eigenvalue weighted by atomic mass is 10.2. The number of aromatic nitrogens is 2. The van der Waals surface area contributed by atoms with Crippen molar-refractivity contribution >= 4 is 38.2 Å². The Morgan fingerprint density at radius 2 is 1.85 bits per heavy atom. The molecule has 0 amide bonds. The molecule has 0 aliphatic rings. The van der Waals surface area contributed by atoms with E-state index < -0.39 is 10.0 Å². The van der Waals surface area contributed by atoms with Crippen LogP contribution in [0.1, 0.15) is 0 Å². The predicted octanol–water partition coefficient (Wildman–Crippen LogP) is 1.59. The first-order valence-electron chi connectivity index (χ1n) is 5.97. The van der Waals surface area contributed by atoms with Gasteiger partial charge in [-0.05, 0) is 0 Å². The molecule has 0 fully saturated rings. The summed E-state index contributed by atoms with van der Waals surface area (Å²) in [7, 11) is -0.220. The number of benzene rings is 1. The molecule has 8 heteroatoms. The van der Waals surface area contributed by atoms with Crippen LogP contribution in [0, 0.1) is 0 Å². The van der Waals surface area contributed by atoms with Crippen molar-refractivity contribution in [3.63, 3.8) is 0 Å². The smallest absolute Gasteiger partial charge is 0.215 e. The zero-order valence-electron chi connectivity index (χ0n) is 11.2. The van der Waals surface area contributed by atoms with Gasteiger partial charge in [0.1, 0.15) is 0 Å². The van der Waals surface area contributed by atoms with E-state index in [-0.39, 0.29) is 12.3 Å². The van der Waals surface area contributed by atoms with Crippen LogP contribution in [0.2, 0.25) is 5.15 Å². The molecule has 0 spiro atoms. The van der Waals surface area contributed by atoms with Gasteiger partial charge in [-0.2, -0.15) is 0 Å². The maximum atomic E-state index is 11.7. The van der Waals surface area contributed by atoms with E-state index >= 15 is 0 Å². The van der Waals surface area contributed by atoms with Crippen LogP contribution in [0.5, 0.6) is 0 Å². The van der Waals surface area contributed by atoms with E-state index in [0.29, 0.717) is 11.0 Å². The Balaban J connectivity index is 2.17. The second kappa shape index (κ2) is 5.90. The van der Waals surface area contributed by atoms with Gasteiger partial charge in [0.2, 0.25) is 10.0 Å². The summed E-state index contributed by atoms with van der Waals surface area (Å²) in [5.74, 6) is 0.512. The van der Waals surface area contributed by atoms with Gasteiger partial charge < -0.3 is 5.32 Å². The molecule has 108 valence electrons. The zero-order chi connectivity index (χ0) is 14.8. The highest BCUT2D eigenvalue weighted by atomic mass is 35.5. The molecule has 0 aliphatic carbocycles. The van der Waals surface area contributed by atoms with Gasteiger partial charge in [0.25, 0.3) is 0 Å². The lowest BCUT2D eigenvalue weighted by Crippen LogP contribution is -2.28. The Bertz CT molecular complexity index is 718. The minimum absolute atomic E-state index is 0.0152. The highest BCUT2D eigenvalue weighted by molar-refractivity contribution is 7.89. The SMILES string of the molecule is CN(C)S(=O)(=O)CCNc1nnc(Cl)c2ccccc12. The van der Waals surface area contributed by atoms with Gasteiger partial charge in [-0.15, -0.1) is 10.2 Å². The Labute approximate surface area is 122 Å². The van der Waals surface area contributed by atoms with Crippen LogP contribution in [0.4, 0.5) is 5.82 Å². The fourth-order valence-corrected chi connectivity index (χ4v) is 2.61. The number of nitrogens with one attached hydrogen (secondary N) is 1. The van der Waals surface area contributed by atoms with Crippen LogP contribution in [0.15, 0.2) is 24.3 Å². The number of rotatable bonds is 5. The van der Waals surface area contributed by atoms with E-state index in [1.807, 2.05) is 24.3 Å². The highest BCUT2D eigenvalue weighted by Gasteiger charge is 2.13. The first kappa shape index (κ1) is 15.0. The molecule has 0 unspecified atom stereocenters. The van der Waals surface area contributed by atoms with E-state index in [4.69, 9.17) is 11.6 Å². The van der Waals surface area contributed by atoms with Crippen molar-refractivity contribution in [3.05, 3.63) is 29.4 Å². The number of hydrogen-bond acceptors (Lipinski definition) is 5. The van der Waals surface area contributed by atoms with Gasteiger partial charge in [0.15, 0.2) is 11.0 Å². The molecule has 0 atom stereocenters. The summed E-state index contributed by atoms with van der Waals surface area (Å²) >= 11 is 5.97. The average Bonchev–Trinajstić information content (AvgIpc) is 2.41. The molecule has 1 aromatic heterocycles. The van der Waals surface area contributed by atoms with Gasteiger partial charge in [-0.25, -0.2) is 12.7 Å². The monoisotopic (exact) mass is 314 g/mol. The summed E-state index contributed by atoms with van der Waals surface area (Å²) in [6.07, 6.45) is 0. The van der Waals surface area contributed by atoms with Crippen LogP contribution in [0.25, 0.3) is 10.8 Å². The van der Waals surface area contributed by atoms with E-state index in [1.165, 1.54) is 18.4 Å². The summed E-state index contributed by atoms with van der Waals surface area (Å²) in [5.41, 5.74) is 0. The second-order valence-corrected chi connectivity index (χ2v) is 7.07. The maximum absolute atomic E-state index is 11.7. The lowest BCUT2D eigenvalue weighted by molar-refractivity contribution is 0.521. The van der Waals surface area contributed by atoms with E-state index in [0.717, 1.165) is 10.8 Å². The molecule has 6 nitrogen and oxygen atoms in total. The number of anilines is 1. The van der Waals surface area contributed by atoms with Crippen molar-refractivity contribution in [2.45, 2.75) is 0 Å². The van der Waals surface area contributed by atoms with E-state index in [2.05, 4.69) is 15.5 Å². The van der Waals surface area contributed by atoms with Crippen LogP contribution < -0.4 is 5.32 Å². The van der Waals surface area contributed by atoms with Gasteiger partial charge in [-0.1, -0.05) is 35.9 Å².